The van der Waals surface area contributed by atoms with Gasteiger partial charge in [-0.05, 0) is 19.8 Å². The molecule has 98 valence electrons. The Bertz CT molecular complexity index is 466. The number of hydrogen-bond donors (Lipinski definition) is 0. The van der Waals surface area contributed by atoms with Gasteiger partial charge in [0.2, 0.25) is 0 Å². The summed E-state index contributed by atoms with van der Waals surface area (Å²) >= 11 is 2.61. The molecule has 1 aromatic rings. The highest BCUT2D eigenvalue weighted by molar-refractivity contribution is 8.01. The van der Waals surface area contributed by atoms with Crippen molar-refractivity contribution in [2.75, 3.05) is 12.4 Å². The van der Waals surface area contributed by atoms with E-state index >= 15 is 0 Å². The van der Waals surface area contributed by atoms with E-state index in [2.05, 4.69) is 0 Å². The fourth-order valence-electron chi connectivity index (χ4n) is 1.71. The Morgan fingerprint density at radius 1 is 1.72 bits per heavy atom. The topological polar surface area (TPSA) is 69.4 Å². The van der Waals surface area contributed by atoms with E-state index in [1.165, 1.54) is 36.1 Å². The number of carbonyl (C=O) groups excluding carboxylic acids is 1. The third-order valence-electron chi connectivity index (χ3n) is 2.65. The summed E-state index contributed by atoms with van der Waals surface area (Å²) in [6, 6.07) is 1.37. The van der Waals surface area contributed by atoms with Crippen molar-refractivity contribution < 1.29 is 14.5 Å². The number of thiophene rings is 1. The second-order valence-electron chi connectivity index (χ2n) is 4.04. The van der Waals surface area contributed by atoms with Crippen LogP contribution in [-0.4, -0.2) is 29.2 Å². The summed E-state index contributed by atoms with van der Waals surface area (Å²) in [7, 11) is 0. The van der Waals surface area contributed by atoms with E-state index in [1.54, 1.807) is 0 Å². The van der Waals surface area contributed by atoms with E-state index in [4.69, 9.17) is 4.74 Å². The maximum absolute atomic E-state index is 11.2. The molecule has 0 saturated carbocycles. The van der Waals surface area contributed by atoms with Gasteiger partial charge < -0.3 is 4.74 Å². The molecule has 1 aliphatic rings. The first kappa shape index (κ1) is 13.5. The van der Waals surface area contributed by atoms with Crippen LogP contribution in [-0.2, 0) is 4.74 Å². The van der Waals surface area contributed by atoms with Crippen molar-refractivity contribution in [3.63, 3.8) is 0 Å². The zero-order valence-electron chi connectivity index (χ0n) is 9.88. The van der Waals surface area contributed by atoms with Crippen molar-refractivity contribution in [3.05, 3.63) is 21.1 Å². The van der Waals surface area contributed by atoms with Crippen LogP contribution in [0, 0.1) is 10.1 Å². The summed E-state index contributed by atoms with van der Waals surface area (Å²) in [5.74, 6) is 0.575. The van der Waals surface area contributed by atoms with Crippen molar-refractivity contribution in [3.8, 4) is 0 Å². The molecule has 0 radical (unpaired) electrons. The molecule has 0 aromatic carbocycles. The number of hydrogen-bond acceptors (Lipinski definition) is 6. The van der Waals surface area contributed by atoms with Crippen LogP contribution in [0.15, 0.2) is 10.3 Å². The predicted molar refractivity (Wildman–Crippen MR) is 70.7 cm³/mol. The van der Waals surface area contributed by atoms with Crippen LogP contribution in [0.1, 0.15) is 29.4 Å². The van der Waals surface area contributed by atoms with Gasteiger partial charge in [-0.1, -0.05) is 0 Å². The monoisotopic (exact) mass is 287 g/mol. The minimum Gasteiger partial charge on any atom is -0.377 e. The molecule has 0 N–H and O–H groups in total. The largest absolute Gasteiger partial charge is 0.377 e. The lowest BCUT2D eigenvalue weighted by Crippen LogP contribution is -2.07. The second-order valence-corrected chi connectivity index (χ2v) is 6.38. The summed E-state index contributed by atoms with van der Waals surface area (Å²) in [6.45, 7) is 2.19. The van der Waals surface area contributed by atoms with Crippen LogP contribution in [0.25, 0.3) is 0 Å². The quantitative estimate of drug-likeness (QED) is 0.360. The molecule has 5 nitrogen and oxygen atoms in total. The van der Waals surface area contributed by atoms with Crippen molar-refractivity contribution >= 4 is 34.6 Å². The lowest BCUT2D eigenvalue weighted by atomic mass is 10.3. The molecule has 7 heteroatoms. The molecule has 1 unspecified atom stereocenters. The van der Waals surface area contributed by atoms with E-state index in [-0.39, 0.29) is 17.6 Å². The van der Waals surface area contributed by atoms with Crippen LogP contribution in [0.2, 0.25) is 0 Å². The van der Waals surface area contributed by atoms with Gasteiger partial charge in [-0.2, -0.15) is 0 Å². The lowest BCUT2D eigenvalue weighted by Gasteiger charge is -2.06. The van der Waals surface area contributed by atoms with Crippen molar-refractivity contribution in [2.45, 2.75) is 30.1 Å². The Morgan fingerprint density at radius 3 is 3.06 bits per heavy atom. The van der Waals surface area contributed by atoms with Crippen LogP contribution >= 0.6 is 23.1 Å². The van der Waals surface area contributed by atoms with Crippen molar-refractivity contribution in [2.24, 2.45) is 0 Å². The molecule has 2 rings (SSSR count). The number of nitrogens with zero attached hydrogens (tertiary/aromatic N) is 1. The molecule has 1 atom stereocenters. The minimum atomic E-state index is -0.430. The molecular weight excluding hydrogens is 274 g/mol. The van der Waals surface area contributed by atoms with Gasteiger partial charge in [0.15, 0.2) is 5.78 Å². The van der Waals surface area contributed by atoms with Gasteiger partial charge >= 0.3 is 0 Å². The molecule has 1 fully saturated rings. The standard InChI is InChI=1S/C11H13NO4S2/c1-7(13)10-5-9(12(14)15)11(18-10)17-6-8-3-2-4-16-8/h5,8H,2-4,6H2,1H3. The Hall–Kier alpha value is -0.920. The summed E-state index contributed by atoms with van der Waals surface area (Å²) in [4.78, 5) is 22.2. The number of nitro groups is 1. The molecule has 1 aromatic heterocycles. The van der Waals surface area contributed by atoms with E-state index in [1.807, 2.05) is 0 Å². The Kier molecular flexibility index (Phi) is 4.36. The molecule has 0 bridgehead atoms. The summed E-state index contributed by atoms with van der Waals surface area (Å²) in [6.07, 6.45) is 2.24. The van der Waals surface area contributed by atoms with Gasteiger partial charge in [-0.15, -0.1) is 23.1 Å². The first-order chi connectivity index (χ1) is 8.58. The van der Waals surface area contributed by atoms with Crippen molar-refractivity contribution in [1.29, 1.82) is 0 Å². The molecule has 2 heterocycles. The fraction of sp³-hybridized carbons (Fsp3) is 0.545. The third-order valence-corrected chi connectivity index (χ3v) is 5.28. The number of ether oxygens (including phenoxy) is 1. The Balaban J connectivity index is 2.09. The van der Waals surface area contributed by atoms with Gasteiger partial charge in [-0.25, -0.2) is 0 Å². The molecule has 0 spiro atoms. The van der Waals surface area contributed by atoms with Crippen LogP contribution < -0.4 is 0 Å². The normalized spacial score (nSPS) is 19.1. The zero-order chi connectivity index (χ0) is 13.1. The smallest absolute Gasteiger partial charge is 0.294 e. The first-order valence-electron chi connectivity index (χ1n) is 5.61. The number of carbonyl (C=O) groups is 1. The highest BCUT2D eigenvalue weighted by atomic mass is 32.2. The van der Waals surface area contributed by atoms with E-state index in [9.17, 15) is 14.9 Å². The first-order valence-corrected chi connectivity index (χ1v) is 7.41. The van der Waals surface area contributed by atoms with Gasteiger partial charge in [0.1, 0.15) is 4.21 Å². The molecule has 1 aliphatic heterocycles. The number of thioether (sulfide) groups is 1. The maximum atomic E-state index is 11.2. The Labute approximate surface area is 113 Å². The number of ketones is 1. The highest BCUT2D eigenvalue weighted by Gasteiger charge is 2.23. The molecule has 0 aliphatic carbocycles. The molecule has 0 amide bonds. The Morgan fingerprint density at radius 2 is 2.50 bits per heavy atom. The maximum Gasteiger partial charge on any atom is 0.294 e. The van der Waals surface area contributed by atoms with Crippen LogP contribution in [0.4, 0.5) is 5.69 Å². The number of Topliss-reactive ketones (excluding diaryl/α,β-unsaturated/α-hetero) is 1. The van der Waals surface area contributed by atoms with Crippen LogP contribution in [0.3, 0.4) is 0 Å². The van der Waals surface area contributed by atoms with Crippen LogP contribution in [0.5, 0.6) is 0 Å². The minimum absolute atomic E-state index is 0.0354. The van der Waals surface area contributed by atoms with Crippen molar-refractivity contribution in [1.82, 2.24) is 0 Å². The summed E-state index contributed by atoms with van der Waals surface area (Å²) in [5, 5.41) is 10.9. The lowest BCUT2D eigenvalue weighted by molar-refractivity contribution is -0.387. The molecule has 1 saturated heterocycles. The van der Waals surface area contributed by atoms with Gasteiger partial charge in [0.25, 0.3) is 5.69 Å². The SMILES string of the molecule is CC(=O)c1cc([N+](=O)[O-])c(SCC2CCCO2)s1. The average molecular weight is 287 g/mol. The average Bonchev–Trinajstić information content (AvgIpc) is 2.95. The molecule has 18 heavy (non-hydrogen) atoms. The van der Waals surface area contributed by atoms with E-state index in [0.29, 0.717) is 14.8 Å². The van der Waals surface area contributed by atoms with Gasteiger partial charge in [0.05, 0.1) is 15.9 Å². The fourth-order valence-corrected chi connectivity index (χ4v) is 4.06. The van der Waals surface area contributed by atoms with Gasteiger partial charge in [-0.3, -0.25) is 14.9 Å². The van der Waals surface area contributed by atoms with E-state index < -0.39 is 4.92 Å². The number of rotatable bonds is 5. The second kappa shape index (κ2) is 5.81. The van der Waals surface area contributed by atoms with Gasteiger partial charge in [0, 0.05) is 18.4 Å². The van der Waals surface area contributed by atoms with E-state index in [0.717, 1.165) is 19.4 Å². The molecular formula is C11H13NO4S2. The third kappa shape index (κ3) is 3.09. The highest BCUT2D eigenvalue weighted by Crippen LogP contribution is 2.38. The zero-order valence-corrected chi connectivity index (χ0v) is 11.5. The predicted octanol–water partition coefficient (Wildman–Crippen LogP) is 3.13. The summed E-state index contributed by atoms with van der Waals surface area (Å²) in [5.41, 5.74) is 0.0354. The summed E-state index contributed by atoms with van der Waals surface area (Å²) < 4.78 is 6.07.